The standard InChI is InChI=1S/C29H44F4O5/c1-17(24(16-30)38-26(36)6-4-3-5-25(34)35)22-9-10-23-21-8-7-18-15-28(37,29(31,32)33)14-12-19(18)20(21)11-13-27(22,23)2/h17-24,37H,3-16H2,1-2H3,(H,34,35)/t17-,18+,19-,20+,21+,22+,23-,24+,27+,28+/m0/s1. The third kappa shape index (κ3) is 5.60. The number of hydrogen-bond donors (Lipinski definition) is 2. The molecule has 9 heteroatoms. The molecule has 0 aliphatic heterocycles. The molecule has 0 aromatic carbocycles. The van der Waals surface area contributed by atoms with E-state index in [1.807, 2.05) is 6.92 Å². The number of rotatable bonds is 9. The number of carboxylic acid groups (broad SMARTS) is 1. The van der Waals surface area contributed by atoms with Crippen LogP contribution in [0.2, 0.25) is 0 Å². The molecular formula is C29H44F4O5. The van der Waals surface area contributed by atoms with Gasteiger partial charge in [-0.2, -0.15) is 13.2 Å². The van der Waals surface area contributed by atoms with Crippen molar-refractivity contribution in [1.29, 1.82) is 0 Å². The van der Waals surface area contributed by atoms with E-state index >= 15 is 0 Å². The molecule has 0 heterocycles. The Kier molecular flexibility index (Phi) is 8.76. The molecule has 4 aliphatic rings. The maximum atomic E-state index is 14.1. The number of unbranched alkanes of at least 4 members (excludes halogenated alkanes) is 1. The summed E-state index contributed by atoms with van der Waals surface area (Å²) in [6, 6.07) is 0. The number of carboxylic acids is 1. The van der Waals surface area contributed by atoms with E-state index in [-0.39, 0.29) is 54.8 Å². The highest BCUT2D eigenvalue weighted by Gasteiger charge is 2.62. The van der Waals surface area contributed by atoms with Crippen molar-refractivity contribution in [2.75, 3.05) is 6.67 Å². The molecule has 0 bridgehead atoms. The van der Waals surface area contributed by atoms with Gasteiger partial charge in [0, 0.05) is 12.8 Å². The van der Waals surface area contributed by atoms with Gasteiger partial charge in [0.05, 0.1) is 0 Å². The van der Waals surface area contributed by atoms with Crippen LogP contribution >= 0.6 is 0 Å². The summed E-state index contributed by atoms with van der Waals surface area (Å²) in [5, 5.41) is 19.1. The molecule has 2 N–H and O–H groups in total. The Morgan fingerprint density at radius 3 is 2.32 bits per heavy atom. The van der Waals surface area contributed by atoms with Crippen molar-refractivity contribution in [2.24, 2.45) is 46.8 Å². The van der Waals surface area contributed by atoms with Gasteiger partial charge in [0.2, 0.25) is 0 Å². The molecular weight excluding hydrogens is 504 g/mol. The molecule has 218 valence electrons. The van der Waals surface area contributed by atoms with Crippen molar-refractivity contribution < 1.29 is 42.1 Å². The second kappa shape index (κ2) is 11.2. The van der Waals surface area contributed by atoms with Gasteiger partial charge in [0.15, 0.2) is 5.60 Å². The number of halogens is 4. The quantitative estimate of drug-likeness (QED) is 0.190. The van der Waals surface area contributed by atoms with Crippen LogP contribution in [0.25, 0.3) is 0 Å². The van der Waals surface area contributed by atoms with E-state index in [4.69, 9.17) is 9.84 Å². The topological polar surface area (TPSA) is 83.8 Å². The number of esters is 1. The smallest absolute Gasteiger partial charge is 0.417 e. The van der Waals surface area contributed by atoms with E-state index in [0.29, 0.717) is 37.0 Å². The second-order valence-electron chi connectivity index (χ2n) is 13.1. The van der Waals surface area contributed by atoms with Crippen molar-refractivity contribution in [2.45, 2.75) is 115 Å². The summed E-state index contributed by atoms with van der Waals surface area (Å²) < 4.78 is 60.2. The molecule has 4 rings (SSSR count). The third-order valence-corrected chi connectivity index (χ3v) is 11.3. The van der Waals surface area contributed by atoms with Gasteiger partial charge in [-0.05, 0) is 117 Å². The Hall–Kier alpha value is -1.38. The number of hydrogen-bond acceptors (Lipinski definition) is 4. The molecule has 38 heavy (non-hydrogen) atoms. The fourth-order valence-electron chi connectivity index (χ4n) is 9.35. The minimum absolute atomic E-state index is 0.00892. The Bertz CT molecular complexity index is 864. The molecule has 0 unspecified atom stereocenters. The molecule has 4 saturated carbocycles. The van der Waals surface area contributed by atoms with Crippen LogP contribution < -0.4 is 0 Å². The first-order valence-corrected chi connectivity index (χ1v) is 14.6. The summed E-state index contributed by atoms with van der Waals surface area (Å²) in [5.41, 5.74) is -2.57. The molecule has 4 aliphatic carbocycles. The number of alkyl halides is 4. The van der Waals surface area contributed by atoms with Crippen molar-refractivity contribution in [3.05, 3.63) is 0 Å². The largest absolute Gasteiger partial charge is 0.481 e. The van der Waals surface area contributed by atoms with Crippen LogP contribution in [0.4, 0.5) is 17.6 Å². The van der Waals surface area contributed by atoms with Crippen LogP contribution in [-0.4, -0.2) is 46.7 Å². The van der Waals surface area contributed by atoms with Gasteiger partial charge in [-0.1, -0.05) is 13.8 Å². The maximum absolute atomic E-state index is 14.1. The highest BCUT2D eigenvalue weighted by Crippen LogP contribution is 2.66. The van der Waals surface area contributed by atoms with Gasteiger partial charge in [-0.3, -0.25) is 9.59 Å². The van der Waals surface area contributed by atoms with Crippen LogP contribution in [-0.2, 0) is 14.3 Å². The summed E-state index contributed by atoms with van der Waals surface area (Å²) in [6.45, 7) is 3.51. The van der Waals surface area contributed by atoms with Crippen molar-refractivity contribution in [3.8, 4) is 0 Å². The molecule has 5 nitrogen and oxygen atoms in total. The monoisotopic (exact) mass is 548 g/mol. The van der Waals surface area contributed by atoms with Crippen LogP contribution in [0, 0.1) is 46.8 Å². The predicted octanol–water partition coefficient (Wildman–Crippen LogP) is 6.71. The van der Waals surface area contributed by atoms with Crippen LogP contribution in [0.15, 0.2) is 0 Å². The number of fused-ring (bicyclic) bond motifs is 5. The zero-order valence-electron chi connectivity index (χ0n) is 22.6. The van der Waals surface area contributed by atoms with E-state index in [9.17, 15) is 32.3 Å². The first kappa shape index (κ1) is 29.6. The van der Waals surface area contributed by atoms with Gasteiger partial charge >= 0.3 is 18.1 Å². The third-order valence-electron chi connectivity index (χ3n) is 11.3. The average Bonchev–Trinajstić information content (AvgIpc) is 3.20. The van der Waals surface area contributed by atoms with E-state index in [1.165, 1.54) is 0 Å². The minimum Gasteiger partial charge on any atom is -0.481 e. The summed E-state index contributed by atoms with van der Waals surface area (Å²) in [4.78, 5) is 23.0. The minimum atomic E-state index is -4.58. The number of ether oxygens (including phenoxy) is 1. The second-order valence-corrected chi connectivity index (χ2v) is 13.1. The average molecular weight is 549 g/mol. The van der Waals surface area contributed by atoms with E-state index < -0.39 is 36.5 Å². The molecule has 0 aromatic rings. The highest BCUT2D eigenvalue weighted by atomic mass is 19.4. The Morgan fingerprint density at radius 1 is 0.974 bits per heavy atom. The van der Waals surface area contributed by atoms with Crippen LogP contribution in [0.3, 0.4) is 0 Å². The normalized spacial score (nSPS) is 40.4. The van der Waals surface area contributed by atoms with Crippen LogP contribution in [0.1, 0.15) is 97.3 Å². The zero-order valence-corrected chi connectivity index (χ0v) is 22.6. The number of aliphatic carboxylic acids is 1. The number of aliphatic hydroxyl groups is 1. The number of carbonyl (C=O) groups excluding carboxylic acids is 1. The Labute approximate surface area is 223 Å². The van der Waals surface area contributed by atoms with Gasteiger partial charge in [0.1, 0.15) is 12.8 Å². The SMILES string of the molecule is C[C@@H]([C@H]1CC[C@H]2[C@@H]3CC[C@@H]4C[C@@](O)(C(F)(F)F)CC[C@@H]4[C@H]3CC[C@]12C)[C@@H](CF)OC(=O)CCCCC(=O)O. The summed E-state index contributed by atoms with van der Waals surface area (Å²) in [7, 11) is 0. The highest BCUT2D eigenvalue weighted by molar-refractivity contribution is 5.70. The fraction of sp³-hybridized carbons (Fsp3) is 0.931. The first-order valence-electron chi connectivity index (χ1n) is 14.6. The van der Waals surface area contributed by atoms with E-state index in [1.54, 1.807) is 0 Å². The first-order chi connectivity index (χ1) is 17.8. The molecule has 4 fully saturated rings. The van der Waals surface area contributed by atoms with Crippen LogP contribution in [0.5, 0.6) is 0 Å². The molecule has 0 amide bonds. The zero-order chi connectivity index (χ0) is 27.9. The lowest BCUT2D eigenvalue weighted by molar-refractivity contribution is -0.282. The summed E-state index contributed by atoms with van der Waals surface area (Å²) >= 11 is 0. The van der Waals surface area contributed by atoms with E-state index in [0.717, 1.165) is 38.5 Å². The lowest BCUT2D eigenvalue weighted by atomic mass is 9.48. The lowest BCUT2D eigenvalue weighted by Crippen LogP contribution is -2.55. The van der Waals surface area contributed by atoms with Crippen molar-refractivity contribution >= 4 is 11.9 Å². The molecule has 0 spiro atoms. The van der Waals surface area contributed by atoms with Gasteiger partial charge in [0.25, 0.3) is 0 Å². The number of carbonyl (C=O) groups is 2. The van der Waals surface area contributed by atoms with Gasteiger partial charge in [-0.15, -0.1) is 0 Å². The van der Waals surface area contributed by atoms with Crippen molar-refractivity contribution in [3.63, 3.8) is 0 Å². The molecule has 0 radical (unpaired) electrons. The predicted molar refractivity (Wildman–Crippen MR) is 133 cm³/mol. The van der Waals surface area contributed by atoms with Crippen molar-refractivity contribution in [1.82, 2.24) is 0 Å². The summed E-state index contributed by atoms with van der Waals surface area (Å²) in [6.07, 6.45) is 0.947. The van der Waals surface area contributed by atoms with Gasteiger partial charge < -0.3 is 14.9 Å². The lowest BCUT2D eigenvalue weighted by Gasteiger charge is -2.57. The fourth-order valence-corrected chi connectivity index (χ4v) is 9.35. The van der Waals surface area contributed by atoms with Gasteiger partial charge in [-0.25, -0.2) is 4.39 Å². The van der Waals surface area contributed by atoms with E-state index in [2.05, 4.69) is 6.92 Å². The molecule has 10 atom stereocenters. The maximum Gasteiger partial charge on any atom is 0.417 e. The summed E-state index contributed by atoms with van der Waals surface area (Å²) in [5.74, 6) is 0.0841. The Morgan fingerprint density at radius 2 is 1.66 bits per heavy atom. The molecule has 0 aromatic heterocycles. The molecule has 0 saturated heterocycles. The Balaban J connectivity index is 1.38.